The van der Waals surface area contributed by atoms with Crippen molar-refractivity contribution in [1.82, 2.24) is 4.72 Å². The highest BCUT2D eigenvalue weighted by molar-refractivity contribution is 9.10. The van der Waals surface area contributed by atoms with Crippen molar-refractivity contribution in [3.05, 3.63) is 58.1 Å². The molecule has 0 spiro atoms. The zero-order chi connectivity index (χ0) is 15.2. The summed E-state index contributed by atoms with van der Waals surface area (Å²) in [6.07, 6.45) is 5.51. The van der Waals surface area contributed by atoms with Crippen LogP contribution in [0.1, 0.15) is 32.4 Å². The van der Waals surface area contributed by atoms with Crippen LogP contribution in [0.4, 0.5) is 0 Å². The highest BCUT2D eigenvalue weighted by atomic mass is 79.9. The van der Waals surface area contributed by atoms with E-state index in [-0.39, 0.29) is 11.8 Å². The molecule has 0 fully saturated rings. The van der Waals surface area contributed by atoms with Crippen LogP contribution in [0.15, 0.2) is 52.5 Å². The number of hydrogen-bond donors (Lipinski definition) is 1. The molecule has 0 aromatic heterocycles. The molecular formula is C15H20BrNO2S. The molecular weight excluding hydrogens is 338 g/mol. The minimum atomic E-state index is -3.33. The van der Waals surface area contributed by atoms with Crippen molar-refractivity contribution in [3.63, 3.8) is 0 Å². The quantitative estimate of drug-likeness (QED) is 0.783. The number of benzene rings is 1. The summed E-state index contributed by atoms with van der Waals surface area (Å²) in [6, 6.07) is 7.36. The number of hydrogen-bond acceptors (Lipinski definition) is 2. The fourth-order valence-electron chi connectivity index (χ4n) is 1.74. The van der Waals surface area contributed by atoms with Gasteiger partial charge in [-0.3, -0.25) is 0 Å². The van der Waals surface area contributed by atoms with Gasteiger partial charge in [0.25, 0.3) is 0 Å². The van der Waals surface area contributed by atoms with E-state index in [2.05, 4.69) is 20.7 Å². The molecule has 3 nitrogen and oxygen atoms in total. The van der Waals surface area contributed by atoms with Gasteiger partial charge in [-0.1, -0.05) is 51.9 Å². The van der Waals surface area contributed by atoms with Crippen LogP contribution in [0.25, 0.3) is 0 Å². The van der Waals surface area contributed by atoms with E-state index in [0.29, 0.717) is 0 Å². The third-order valence-corrected chi connectivity index (χ3v) is 4.79. The van der Waals surface area contributed by atoms with Gasteiger partial charge in [0.2, 0.25) is 10.0 Å². The first-order chi connectivity index (χ1) is 9.34. The maximum absolute atomic E-state index is 12.1. The van der Waals surface area contributed by atoms with Crippen LogP contribution in [-0.2, 0) is 10.0 Å². The highest BCUT2D eigenvalue weighted by Crippen LogP contribution is 2.17. The van der Waals surface area contributed by atoms with Crippen molar-refractivity contribution in [2.24, 2.45) is 0 Å². The summed E-state index contributed by atoms with van der Waals surface area (Å²) in [5.74, 6) is 0.0121. The molecule has 1 atom stereocenters. The average Bonchev–Trinajstić information content (AvgIpc) is 2.35. The molecule has 0 bridgehead atoms. The summed E-state index contributed by atoms with van der Waals surface area (Å²) in [5.41, 5.74) is 1.74. The molecule has 1 rings (SSSR count). The molecule has 1 aromatic carbocycles. The van der Waals surface area contributed by atoms with Crippen LogP contribution < -0.4 is 4.72 Å². The molecule has 0 radical (unpaired) electrons. The molecule has 1 aromatic rings. The Morgan fingerprint density at radius 2 is 1.95 bits per heavy atom. The van der Waals surface area contributed by atoms with Gasteiger partial charge in [0, 0.05) is 10.5 Å². The zero-order valence-corrected chi connectivity index (χ0v) is 14.3. The first-order valence-electron chi connectivity index (χ1n) is 6.38. The maximum atomic E-state index is 12.1. The molecule has 0 aliphatic heterocycles. The van der Waals surface area contributed by atoms with E-state index in [1.54, 1.807) is 0 Å². The van der Waals surface area contributed by atoms with Gasteiger partial charge >= 0.3 is 0 Å². The van der Waals surface area contributed by atoms with Crippen molar-refractivity contribution in [1.29, 1.82) is 0 Å². The molecule has 5 heteroatoms. The second kappa shape index (κ2) is 7.76. The number of sulfonamides is 1. The smallest absolute Gasteiger partial charge is 0.212 e. The van der Waals surface area contributed by atoms with Gasteiger partial charge in [0.05, 0.1) is 5.75 Å². The Labute approximate surface area is 130 Å². The molecule has 0 saturated carbocycles. The van der Waals surface area contributed by atoms with Crippen molar-refractivity contribution in [2.45, 2.75) is 26.8 Å². The molecule has 1 unspecified atom stereocenters. The molecule has 0 aliphatic rings. The van der Waals surface area contributed by atoms with Gasteiger partial charge in [-0.25, -0.2) is 13.1 Å². The summed E-state index contributed by atoms with van der Waals surface area (Å²) in [4.78, 5) is 0. The van der Waals surface area contributed by atoms with E-state index in [1.165, 1.54) is 0 Å². The van der Waals surface area contributed by atoms with Gasteiger partial charge in [-0.05, 0) is 38.5 Å². The second-order valence-electron chi connectivity index (χ2n) is 4.69. The van der Waals surface area contributed by atoms with E-state index in [1.807, 2.05) is 63.3 Å². The molecule has 0 heterocycles. The van der Waals surface area contributed by atoms with E-state index in [4.69, 9.17) is 0 Å². The SMILES string of the molecule is CC=CC=C(C)CS(=O)(=O)NC(C)c1ccc(Br)cc1. The van der Waals surface area contributed by atoms with Crippen molar-refractivity contribution < 1.29 is 8.42 Å². The third-order valence-electron chi connectivity index (χ3n) is 2.72. The lowest BCUT2D eigenvalue weighted by molar-refractivity contribution is 0.569. The largest absolute Gasteiger partial charge is 0.215 e. The number of allylic oxidation sites excluding steroid dienone is 3. The zero-order valence-electron chi connectivity index (χ0n) is 11.9. The number of halogens is 1. The first-order valence-corrected chi connectivity index (χ1v) is 8.82. The molecule has 0 saturated heterocycles. The van der Waals surface area contributed by atoms with E-state index >= 15 is 0 Å². The van der Waals surface area contributed by atoms with Crippen LogP contribution in [0.5, 0.6) is 0 Å². The monoisotopic (exact) mass is 357 g/mol. The topological polar surface area (TPSA) is 46.2 Å². The van der Waals surface area contributed by atoms with E-state index in [0.717, 1.165) is 15.6 Å². The molecule has 0 amide bonds. The van der Waals surface area contributed by atoms with Crippen LogP contribution >= 0.6 is 15.9 Å². The lowest BCUT2D eigenvalue weighted by atomic mass is 10.1. The Kier molecular flexibility index (Phi) is 6.65. The van der Waals surface area contributed by atoms with Crippen LogP contribution in [-0.4, -0.2) is 14.2 Å². The van der Waals surface area contributed by atoms with Crippen molar-refractivity contribution in [2.75, 3.05) is 5.75 Å². The Morgan fingerprint density at radius 1 is 1.35 bits per heavy atom. The van der Waals surface area contributed by atoms with Gasteiger partial charge in [0.1, 0.15) is 0 Å². The van der Waals surface area contributed by atoms with Crippen molar-refractivity contribution in [3.8, 4) is 0 Å². The number of nitrogens with one attached hydrogen (secondary N) is 1. The average molecular weight is 358 g/mol. The van der Waals surface area contributed by atoms with E-state index in [9.17, 15) is 8.42 Å². The highest BCUT2D eigenvalue weighted by Gasteiger charge is 2.16. The summed E-state index contributed by atoms with van der Waals surface area (Å²) >= 11 is 3.36. The minimum absolute atomic E-state index is 0.0121. The maximum Gasteiger partial charge on any atom is 0.215 e. The summed E-state index contributed by atoms with van der Waals surface area (Å²) < 4.78 is 27.8. The third kappa shape index (κ3) is 6.03. The molecule has 1 N–H and O–H groups in total. The minimum Gasteiger partial charge on any atom is -0.212 e. The lowest BCUT2D eigenvalue weighted by Gasteiger charge is -2.15. The standard InChI is InChI=1S/C15H20BrNO2S/c1-4-5-6-12(2)11-20(18,19)17-13(3)14-7-9-15(16)10-8-14/h4-10,13,17H,11H2,1-3H3. The Morgan fingerprint density at radius 3 is 2.50 bits per heavy atom. The normalized spacial score (nSPS) is 14.7. The number of rotatable bonds is 6. The van der Waals surface area contributed by atoms with Gasteiger partial charge in [-0.15, -0.1) is 0 Å². The lowest BCUT2D eigenvalue weighted by Crippen LogP contribution is -2.29. The predicted octanol–water partition coefficient (Wildman–Crippen LogP) is 3.95. The van der Waals surface area contributed by atoms with Crippen LogP contribution in [0.3, 0.4) is 0 Å². The Balaban J connectivity index is 2.73. The first kappa shape index (κ1) is 17.1. The van der Waals surface area contributed by atoms with Gasteiger partial charge < -0.3 is 0 Å². The van der Waals surface area contributed by atoms with Crippen LogP contribution in [0.2, 0.25) is 0 Å². The Bertz CT molecular complexity index is 589. The van der Waals surface area contributed by atoms with Gasteiger partial charge in [-0.2, -0.15) is 0 Å². The van der Waals surface area contributed by atoms with Gasteiger partial charge in [0.15, 0.2) is 0 Å². The molecule has 20 heavy (non-hydrogen) atoms. The molecule has 110 valence electrons. The second-order valence-corrected chi connectivity index (χ2v) is 7.36. The van der Waals surface area contributed by atoms with E-state index < -0.39 is 10.0 Å². The summed E-state index contributed by atoms with van der Waals surface area (Å²) in [6.45, 7) is 5.54. The molecule has 0 aliphatic carbocycles. The fraction of sp³-hybridized carbons (Fsp3) is 0.333. The summed E-state index contributed by atoms with van der Waals surface area (Å²) in [5, 5.41) is 0. The fourth-order valence-corrected chi connectivity index (χ4v) is 3.46. The Hall–Kier alpha value is -0.910. The van der Waals surface area contributed by atoms with Crippen LogP contribution in [0, 0.1) is 0 Å². The summed E-state index contributed by atoms with van der Waals surface area (Å²) in [7, 11) is -3.33. The predicted molar refractivity (Wildman–Crippen MR) is 88.1 cm³/mol. The van der Waals surface area contributed by atoms with Crippen molar-refractivity contribution >= 4 is 26.0 Å².